The summed E-state index contributed by atoms with van der Waals surface area (Å²) >= 11 is 0. The van der Waals surface area contributed by atoms with E-state index in [1.54, 1.807) is 13.1 Å². The molecule has 7 nitrogen and oxygen atoms in total. The van der Waals surface area contributed by atoms with E-state index in [1.807, 2.05) is 38.1 Å². The summed E-state index contributed by atoms with van der Waals surface area (Å²) in [5.41, 5.74) is 5.28. The van der Waals surface area contributed by atoms with Crippen LogP contribution in [-0.4, -0.2) is 34.2 Å². The summed E-state index contributed by atoms with van der Waals surface area (Å²) in [4.78, 5) is 16.4. The fourth-order valence-electron chi connectivity index (χ4n) is 3.19. The lowest BCUT2D eigenvalue weighted by Gasteiger charge is -2.08. The first-order valence-electron chi connectivity index (χ1n) is 9.18. The molecule has 0 aliphatic heterocycles. The van der Waals surface area contributed by atoms with Gasteiger partial charge in [0.2, 0.25) is 5.89 Å². The largest absolute Gasteiger partial charge is 0.403 e. The van der Waals surface area contributed by atoms with Gasteiger partial charge in [-0.3, -0.25) is 4.79 Å². The number of hydrogen-bond donors (Lipinski definition) is 2. The van der Waals surface area contributed by atoms with Crippen LogP contribution in [0.15, 0.2) is 46.9 Å². The Bertz CT molecular complexity index is 1070. The normalized spacial score (nSPS) is 12.6. The van der Waals surface area contributed by atoms with Crippen molar-refractivity contribution in [3.8, 4) is 11.5 Å². The average molecular weight is 375 g/mol. The van der Waals surface area contributed by atoms with E-state index in [0.717, 1.165) is 28.8 Å². The predicted octanol–water partition coefficient (Wildman–Crippen LogP) is 3.30. The predicted molar refractivity (Wildman–Crippen MR) is 107 cm³/mol. The first kappa shape index (κ1) is 17.9. The molecule has 4 rings (SSSR count). The van der Waals surface area contributed by atoms with Crippen LogP contribution in [0, 0.1) is 0 Å². The fourth-order valence-corrected chi connectivity index (χ4v) is 3.19. The number of allylic oxidation sites excluding steroid dienone is 1. The zero-order valence-electron chi connectivity index (χ0n) is 16.0. The molecule has 2 heterocycles. The summed E-state index contributed by atoms with van der Waals surface area (Å²) in [5.74, 6) is 0.259. The number of pyridine rings is 1. The van der Waals surface area contributed by atoms with Crippen LogP contribution >= 0.6 is 0 Å². The molecule has 0 saturated heterocycles. The van der Waals surface area contributed by atoms with Crippen LogP contribution < -0.4 is 10.6 Å². The first-order valence-corrected chi connectivity index (χ1v) is 9.18. The number of carbonyl (C=O) groups excluding carboxylic acids is 1. The van der Waals surface area contributed by atoms with Crippen LogP contribution in [0.4, 0.5) is 6.01 Å². The number of carbonyl (C=O) groups is 1. The molecule has 3 aromatic rings. The summed E-state index contributed by atoms with van der Waals surface area (Å²) in [6.45, 7) is 4.02. The molecule has 28 heavy (non-hydrogen) atoms. The molecule has 142 valence electrons. The van der Waals surface area contributed by atoms with Crippen molar-refractivity contribution in [2.45, 2.75) is 26.3 Å². The second-order valence-electron chi connectivity index (χ2n) is 6.89. The molecule has 2 aromatic heterocycles. The lowest BCUT2D eigenvalue weighted by Crippen LogP contribution is -2.19. The van der Waals surface area contributed by atoms with Crippen molar-refractivity contribution in [2.75, 3.05) is 12.4 Å². The SMILES string of the molecule is CNC(=O)c1cccc(C2=CCc3ccc(-c4nnc(NC(C)C)o4)cc32)n1. The lowest BCUT2D eigenvalue weighted by molar-refractivity contribution is 0.0958. The number of anilines is 1. The monoisotopic (exact) mass is 375 g/mol. The van der Waals surface area contributed by atoms with Gasteiger partial charge in [0.15, 0.2) is 0 Å². The molecule has 7 heteroatoms. The minimum Gasteiger partial charge on any atom is -0.403 e. The van der Waals surface area contributed by atoms with Crippen molar-refractivity contribution >= 4 is 17.5 Å². The summed E-state index contributed by atoms with van der Waals surface area (Å²) in [6, 6.07) is 12.2. The first-order chi connectivity index (χ1) is 13.5. The maximum Gasteiger partial charge on any atom is 0.315 e. The van der Waals surface area contributed by atoms with Crippen LogP contribution in [0.5, 0.6) is 0 Å². The maximum atomic E-state index is 11.9. The Kier molecular flexibility index (Phi) is 4.65. The van der Waals surface area contributed by atoms with Crippen molar-refractivity contribution in [1.82, 2.24) is 20.5 Å². The third-order valence-corrected chi connectivity index (χ3v) is 4.49. The highest BCUT2D eigenvalue weighted by Gasteiger charge is 2.20. The zero-order chi connectivity index (χ0) is 19.7. The van der Waals surface area contributed by atoms with Crippen LogP contribution in [0.2, 0.25) is 0 Å². The van der Waals surface area contributed by atoms with Gasteiger partial charge in [-0.2, -0.15) is 0 Å². The second kappa shape index (κ2) is 7.26. The number of fused-ring (bicyclic) bond motifs is 1. The average Bonchev–Trinajstić information content (AvgIpc) is 3.33. The van der Waals surface area contributed by atoms with Gasteiger partial charge in [-0.05, 0) is 55.7 Å². The Morgan fingerprint density at radius 3 is 2.82 bits per heavy atom. The summed E-state index contributed by atoms with van der Waals surface area (Å²) < 4.78 is 5.73. The lowest BCUT2D eigenvalue weighted by atomic mass is 10.00. The van der Waals surface area contributed by atoms with Gasteiger partial charge in [-0.25, -0.2) is 4.98 Å². The van der Waals surface area contributed by atoms with Crippen molar-refractivity contribution < 1.29 is 9.21 Å². The number of hydrogen-bond acceptors (Lipinski definition) is 6. The van der Waals surface area contributed by atoms with Crippen LogP contribution in [-0.2, 0) is 6.42 Å². The number of nitrogens with one attached hydrogen (secondary N) is 2. The van der Waals surface area contributed by atoms with Crippen molar-refractivity contribution in [2.24, 2.45) is 0 Å². The molecule has 0 unspecified atom stereocenters. The maximum absolute atomic E-state index is 11.9. The Balaban J connectivity index is 1.67. The number of rotatable bonds is 5. The standard InChI is InChI=1S/C21H21N5O2/c1-12(2)23-21-26-25-20(28-21)14-8-7-13-9-10-15(16(13)11-14)17-5-4-6-18(24-17)19(27)22-3/h4-8,10-12H,9H2,1-3H3,(H,22,27)(H,23,26). The van der Waals surface area contributed by atoms with E-state index in [9.17, 15) is 4.79 Å². The van der Waals surface area contributed by atoms with Crippen LogP contribution in [0.3, 0.4) is 0 Å². The number of nitrogens with zero attached hydrogens (tertiary/aromatic N) is 3. The Hall–Kier alpha value is -3.48. The van der Waals surface area contributed by atoms with Gasteiger partial charge in [0.05, 0.1) is 5.69 Å². The molecular formula is C21H21N5O2. The molecule has 0 atom stereocenters. The summed E-state index contributed by atoms with van der Waals surface area (Å²) in [5, 5.41) is 13.9. The smallest absolute Gasteiger partial charge is 0.315 e. The molecule has 0 bridgehead atoms. The fraction of sp³-hybridized carbons (Fsp3) is 0.238. The van der Waals surface area contributed by atoms with E-state index in [0.29, 0.717) is 17.6 Å². The third-order valence-electron chi connectivity index (χ3n) is 4.49. The molecule has 1 amide bonds. The van der Waals surface area contributed by atoms with E-state index in [1.165, 1.54) is 5.56 Å². The number of benzene rings is 1. The van der Waals surface area contributed by atoms with Crippen LogP contribution in [0.25, 0.3) is 17.0 Å². The molecule has 1 aliphatic rings. The topological polar surface area (TPSA) is 92.9 Å². The quantitative estimate of drug-likeness (QED) is 0.711. The van der Waals surface area contributed by atoms with Crippen LogP contribution in [0.1, 0.15) is 41.2 Å². The summed E-state index contributed by atoms with van der Waals surface area (Å²) in [6.07, 6.45) is 2.95. The van der Waals surface area contributed by atoms with Gasteiger partial charge in [-0.1, -0.05) is 23.3 Å². The highest BCUT2D eigenvalue weighted by Crippen LogP contribution is 2.35. The number of amides is 1. The van der Waals surface area contributed by atoms with Crippen molar-refractivity contribution in [1.29, 1.82) is 0 Å². The Morgan fingerprint density at radius 1 is 1.18 bits per heavy atom. The van der Waals surface area contributed by atoms with Crippen molar-refractivity contribution in [3.63, 3.8) is 0 Å². The molecule has 0 fully saturated rings. The van der Waals surface area contributed by atoms with E-state index in [-0.39, 0.29) is 11.9 Å². The molecule has 1 aromatic carbocycles. The van der Waals surface area contributed by atoms with E-state index in [4.69, 9.17) is 4.42 Å². The van der Waals surface area contributed by atoms with Gasteiger partial charge in [0, 0.05) is 24.2 Å². The Labute approximate surface area is 162 Å². The minimum absolute atomic E-state index is 0.203. The van der Waals surface area contributed by atoms with E-state index in [2.05, 4.69) is 38.0 Å². The van der Waals surface area contributed by atoms with E-state index >= 15 is 0 Å². The van der Waals surface area contributed by atoms with Gasteiger partial charge < -0.3 is 15.1 Å². The number of aromatic nitrogens is 3. The third kappa shape index (κ3) is 3.38. The molecule has 0 saturated carbocycles. The van der Waals surface area contributed by atoms with Gasteiger partial charge in [0.1, 0.15) is 5.69 Å². The van der Waals surface area contributed by atoms with Gasteiger partial charge in [0.25, 0.3) is 5.91 Å². The molecule has 1 aliphatic carbocycles. The van der Waals surface area contributed by atoms with Gasteiger partial charge >= 0.3 is 6.01 Å². The van der Waals surface area contributed by atoms with Crippen molar-refractivity contribution in [3.05, 3.63) is 65.0 Å². The highest BCUT2D eigenvalue weighted by atomic mass is 16.4. The molecule has 2 N–H and O–H groups in total. The molecule has 0 radical (unpaired) electrons. The summed E-state index contributed by atoms with van der Waals surface area (Å²) in [7, 11) is 1.60. The highest BCUT2D eigenvalue weighted by molar-refractivity contribution is 5.93. The molecular weight excluding hydrogens is 354 g/mol. The van der Waals surface area contributed by atoms with Gasteiger partial charge in [-0.15, -0.1) is 5.10 Å². The molecule has 0 spiro atoms. The minimum atomic E-state index is -0.203. The second-order valence-corrected chi connectivity index (χ2v) is 6.89. The zero-order valence-corrected chi connectivity index (χ0v) is 16.0. The Morgan fingerprint density at radius 2 is 2.04 bits per heavy atom. The van der Waals surface area contributed by atoms with E-state index < -0.39 is 0 Å².